The van der Waals surface area contributed by atoms with Gasteiger partial charge in [0.2, 0.25) is 0 Å². The molecule has 1 aromatic rings. The lowest BCUT2D eigenvalue weighted by Gasteiger charge is -2.09. The lowest BCUT2D eigenvalue weighted by atomic mass is 10.2. The number of halogens is 3. The van der Waals surface area contributed by atoms with Gasteiger partial charge in [-0.25, -0.2) is 0 Å². The van der Waals surface area contributed by atoms with E-state index in [1.54, 1.807) is 18.2 Å². The molecule has 3 N–H and O–H groups in total. The van der Waals surface area contributed by atoms with Crippen molar-refractivity contribution in [2.75, 3.05) is 6.61 Å². The zero-order valence-electron chi connectivity index (χ0n) is 9.05. The van der Waals surface area contributed by atoms with Crippen molar-refractivity contribution in [3.63, 3.8) is 0 Å². The SMILES string of the molecule is N=C(N)c1cccc(OCCCC(F)(F)F)c1. The minimum Gasteiger partial charge on any atom is -0.494 e. The summed E-state index contributed by atoms with van der Waals surface area (Å²) in [4.78, 5) is 0. The molecular weight excluding hydrogens is 233 g/mol. The first kappa shape index (κ1) is 13.3. The van der Waals surface area contributed by atoms with Crippen LogP contribution < -0.4 is 10.5 Å². The Morgan fingerprint density at radius 2 is 2.06 bits per heavy atom. The van der Waals surface area contributed by atoms with Crippen LogP contribution in [0.5, 0.6) is 5.75 Å². The fourth-order valence-corrected chi connectivity index (χ4v) is 1.22. The highest BCUT2D eigenvalue weighted by Gasteiger charge is 2.26. The number of hydrogen-bond donors (Lipinski definition) is 2. The van der Waals surface area contributed by atoms with E-state index in [-0.39, 0.29) is 18.9 Å². The van der Waals surface area contributed by atoms with Gasteiger partial charge >= 0.3 is 6.18 Å². The minimum atomic E-state index is -4.15. The van der Waals surface area contributed by atoms with E-state index in [1.165, 1.54) is 6.07 Å². The molecule has 1 aromatic carbocycles. The van der Waals surface area contributed by atoms with E-state index in [9.17, 15) is 13.2 Å². The van der Waals surface area contributed by atoms with Gasteiger partial charge in [0.05, 0.1) is 6.61 Å². The number of nitrogens with one attached hydrogen (secondary N) is 1. The summed E-state index contributed by atoms with van der Waals surface area (Å²) in [5, 5.41) is 7.20. The second-order valence-electron chi connectivity index (χ2n) is 3.51. The average molecular weight is 246 g/mol. The summed E-state index contributed by atoms with van der Waals surface area (Å²) in [6.07, 6.45) is -5.10. The van der Waals surface area contributed by atoms with E-state index >= 15 is 0 Å². The van der Waals surface area contributed by atoms with E-state index in [0.717, 1.165) is 0 Å². The average Bonchev–Trinajstić information content (AvgIpc) is 2.23. The number of rotatable bonds is 5. The second kappa shape index (κ2) is 5.56. The van der Waals surface area contributed by atoms with Crippen LogP contribution >= 0.6 is 0 Å². The summed E-state index contributed by atoms with van der Waals surface area (Å²) in [7, 11) is 0. The number of benzene rings is 1. The Labute approximate surface area is 96.9 Å². The molecule has 0 heterocycles. The molecule has 6 heteroatoms. The van der Waals surface area contributed by atoms with Gasteiger partial charge in [0.25, 0.3) is 0 Å². The summed E-state index contributed by atoms with van der Waals surface area (Å²) in [6, 6.07) is 6.40. The fraction of sp³-hybridized carbons (Fsp3) is 0.364. The first-order valence-corrected chi connectivity index (χ1v) is 5.02. The molecule has 1 rings (SSSR count). The number of nitrogens with two attached hydrogens (primary N) is 1. The zero-order valence-corrected chi connectivity index (χ0v) is 9.05. The molecule has 0 amide bonds. The third-order valence-electron chi connectivity index (χ3n) is 2.02. The van der Waals surface area contributed by atoms with Gasteiger partial charge in [-0.1, -0.05) is 12.1 Å². The van der Waals surface area contributed by atoms with E-state index in [0.29, 0.717) is 11.3 Å². The van der Waals surface area contributed by atoms with Crippen LogP contribution in [0, 0.1) is 5.41 Å². The molecule has 0 spiro atoms. The Morgan fingerprint density at radius 3 is 2.65 bits per heavy atom. The van der Waals surface area contributed by atoms with Gasteiger partial charge in [-0.15, -0.1) is 0 Å². The lowest BCUT2D eigenvalue weighted by Crippen LogP contribution is -2.11. The van der Waals surface area contributed by atoms with E-state index in [2.05, 4.69) is 0 Å². The molecule has 0 saturated carbocycles. The molecule has 0 aliphatic rings. The van der Waals surface area contributed by atoms with Gasteiger partial charge < -0.3 is 10.5 Å². The van der Waals surface area contributed by atoms with Gasteiger partial charge in [0, 0.05) is 12.0 Å². The van der Waals surface area contributed by atoms with Crippen molar-refractivity contribution in [1.82, 2.24) is 0 Å². The molecule has 0 unspecified atom stereocenters. The van der Waals surface area contributed by atoms with Crippen molar-refractivity contribution < 1.29 is 17.9 Å². The number of amidine groups is 1. The van der Waals surface area contributed by atoms with Crippen LogP contribution in [-0.4, -0.2) is 18.6 Å². The Kier molecular flexibility index (Phi) is 4.37. The third-order valence-corrected chi connectivity index (χ3v) is 2.02. The van der Waals surface area contributed by atoms with Crippen LogP contribution in [0.4, 0.5) is 13.2 Å². The standard InChI is InChI=1S/C11H13F3N2O/c12-11(13,14)5-2-6-17-9-4-1-3-8(7-9)10(15)16/h1,3-4,7H,2,5-6H2,(H3,15,16). The largest absolute Gasteiger partial charge is 0.494 e. The number of nitrogen functional groups attached to an aromatic ring is 1. The predicted molar refractivity (Wildman–Crippen MR) is 58.2 cm³/mol. The van der Waals surface area contributed by atoms with Crippen LogP contribution in [0.25, 0.3) is 0 Å². The van der Waals surface area contributed by atoms with Crippen molar-refractivity contribution >= 4 is 5.84 Å². The summed E-state index contributed by atoms with van der Waals surface area (Å²) < 4.78 is 40.7. The molecule has 0 aliphatic carbocycles. The Hall–Kier alpha value is -1.72. The quantitative estimate of drug-likeness (QED) is 0.476. The molecule has 0 atom stereocenters. The molecule has 0 radical (unpaired) electrons. The fourth-order valence-electron chi connectivity index (χ4n) is 1.22. The van der Waals surface area contributed by atoms with E-state index in [4.69, 9.17) is 15.9 Å². The van der Waals surface area contributed by atoms with E-state index in [1.807, 2.05) is 0 Å². The molecular formula is C11H13F3N2O. The summed E-state index contributed by atoms with van der Waals surface area (Å²) in [5.41, 5.74) is 5.76. The maximum atomic E-state index is 11.9. The lowest BCUT2D eigenvalue weighted by molar-refractivity contribution is -0.136. The van der Waals surface area contributed by atoms with Crippen LogP contribution in [0.1, 0.15) is 18.4 Å². The van der Waals surface area contributed by atoms with Crippen LogP contribution in [-0.2, 0) is 0 Å². The number of ether oxygens (including phenoxy) is 1. The third kappa shape index (κ3) is 5.24. The molecule has 17 heavy (non-hydrogen) atoms. The molecule has 0 fully saturated rings. The monoisotopic (exact) mass is 246 g/mol. The van der Waals surface area contributed by atoms with E-state index < -0.39 is 12.6 Å². The first-order chi connectivity index (χ1) is 7.88. The Morgan fingerprint density at radius 1 is 1.35 bits per heavy atom. The first-order valence-electron chi connectivity index (χ1n) is 5.02. The van der Waals surface area contributed by atoms with Gasteiger partial charge in [-0.2, -0.15) is 13.2 Å². The maximum Gasteiger partial charge on any atom is 0.389 e. The smallest absolute Gasteiger partial charge is 0.389 e. The van der Waals surface area contributed by atoms with Crippen LogP contribution in [0.15, 0.2) is 24.3 Å². The Bertz CT molecular complexity index is 391. The second-order valence-corrected chi connectivity index (χ2v) is 3.51. The topological polar surface area (TPSA) is 59.1 Å². The highest BCUT2D eigenvalue weighted by molar-refractivity contribution is 5.95. The van der Waals surface area contributed by atoms with Crippen LogP contribution in [0.3, 0.4) is 0 Å². The van der Waals surface area contributed by atoms with Crippen LogP contribution in [0.2, 0.25) is 0 Å². The van der Waals surface area contributed by atoms with Gasteiger partial charge in [0.1, 0.15) is 11.6 Å². The van der Waals surface area contributed by atoms with Crippen molar-refractivity contribution in [3.05, 3.63) is 29.8 Å². The van der Waals surface area contributed by atoms with Crippen molar-refractivity contribution in [3.8, 4) is 5.75 Å². The van der Waals surface area contributed by atoms with Gasteiger partial charge in [-0.05, 0) is 18.6 Å². The summed E-state index contributed by atoms with van der Waals surface area (Å²) in [5.74, 6) is 0.311. The highest BCUT2D eigenvalue weighted by atomic mass is 19.4. The maximum absolute atomic E-state index is 11.9. The minimum absolute atomic E-state index is 0.0130. The highest BCUT2D eigenvalue weighted by Crippen LogP contribution is 2.21. The van der Waals surface area contributed by atoms with Crippen molar-refractivity contribution in [1.29, 1.82) is 5.41 Å². The zero-order chi connectivity index (χ0) is 12.9. The van der Waals surface area contributed by atoms with Crippen molar-refractivity contribution in [2.45, 2.75) is 19.0 Å². The number of alkyl halides is 3. The molecule has 0 saturated heterocycles. The molecule has 3 nitrogen and oxygen atoms in total. The molecule has 94 valence electrons. The Balaban J connectivity index is 2.42. The normalized spacial score (nSPS) is 11.2. The summed E-state index contributed by atoms with van der Waals surface area (Å²) in [6.45, 7) is -0.0130. The predicted octanol–water partition coefficient (Wildman–Crippen LogP) is 2.69. The van der Waals surface area contributed by atoms with Gasteiger partial charge in [-0.3, -0.25) is 5.41 Å². The summed E-state index contributed by atoms with van der Waals surface area (Å²) >= 11 is 0. The molecule has 0 aliphatic heterocycles. The molecule has 0 aromatic heterocycles. The molecule has 0 bridgehead atoms. The van der Waals surface area contributed by atoms with Gasteiger partial charge in [0.15, 0.2) is 0 Å². The number of hydrogen-bond acceptors (Lipinski definition) is 2. The van der Waals surface area contributed by atoms with Crippen molar-refractivity contribution in [2.24, 2.45) is 5.73 Å².